The molecule has 1 aromatic rings. The largest absolute Gasteiger partial charge is 0.372 e. The third-order valence-corrected chi connectivity index (χ3v) is 3.37. The molecule has 1 aromatic heterocycles. The van der Waals surface area contributed by atoms with Crippen LogP contribution in [0.2, 0.25) is 0 Å². The van der Waals surface area contributed by atoms with Crippen molar-refractivity contribution in [3.8, 4) is 0 Å². The number of hydrogen-bond acceptors (Lipinski definition) is 4. The zero-order valence-electron chi connectivity index (χ0n) is 9.47. The molecule has 0 aliphatic rings. The van der Waals surface area contributed by atoms with Crippen molar-refractivity contribution >= 4 is 28.4 Å². The Morgan fingerprint density at radius 3 is 2.73 bits per heavy atom. The van der Waals surface area contributed by atoms with Gasteiger partial charge in [0, 0.05) is 20.4 Å². The van der Waals surface area contributed by atoms with Gasteiger partial charge in [-0.3, -0.25) is 0 Å². The number of anilines is 1. The number of aromatic nitrogens is 2. The van der Waals surface area contributed by atoms with E-state index in [1.807, 2.05) is 20.2 Å². The summed E-state index contributed by atoms with van der Waals surface area (Å²) in [4.78, 5) is 8.77. The van der Waals surface area contributed by atoms with Crippen molar-refractivity contribution in [3.63, 3.8) is 0 Å². The van der Waals surface area contributed by atoms with Gasteiger partial charge in [-0.25, -0.2) is 9.97 Å². The maximum absolute atomic E-state index is 5.46. The summed E-state index contributed by atoms with van der Waals surface area (Å²) in [6.07, 6.45) is 2.65. The highest BCUT2D eigenvalue weighted by Crippen LogP contribution is 2.26. The van der Waals surface area contributed by atoms with Crippen molar-refractivity contribution in [1.82, 2.24) is 9.97 Å². The van der Waals surface area contributed by atoms with E-state index in [-0.39, 0.29) is 0 Å². The molecule has 0 fully saturated rings. The fraction of sp³-hybridized carbons (Fsp3) is 0.600. The number of methoxy groups -OCH3 is 1. The van der Waals surface area contributed by atoms with E-state index in [0.29, 0.717) is 0 Å². The number of nitrogens with zero attached hydrogens (tertiary/aromatic N) is 2. The molecule has 1 unspecified atom stereocenters. The second kappa shape index (κ2) is 5.07. The first kappa shape index (κ1) is 12.6. The number of halogens is 1. The van der Waals surface area contributed by atoms with Crippen molar-refractivity contribution in [2.24, 2.45) is 0 Å². The number of ether oxygens (including phenoxy) is 1. The lowest BCUT2D eigenvalue weighted by Gasteiger charge is -2.25. The topological polar surface area (TPSA) is 47.0 Å². The Morgan fingerprint density at radius 2 is 2.27 bits per heavy atom. The van der Waals surface area contributed by atoms with E-state index in [9.17, 15) is 0 Å². The molecule has 0 aliphatic carbocycles. The normalized spacial score (nSPS) is 14.7. The summed E-state index contributed by atoms with van der Waals surface area (Å²) < 4.78 is 6.46. The highest BCUT2D eigenvalue weighted by molar-refractivity contribution is 14.1. The highest BCUT2D eigenvalue weighted by atomic mass is 127. The molecule has 4 nitrogen and oxygen atoms in total. The van der Waals surface area contributed by atoms with Gasteiger partial charge in [0.25, 0.3) is 0 Å². The van der Waals surface area contributed by atoms with Crippen LogP contribution in [0, 0.1) is 3.57 Å². The zero-order chi connectivity index (χ0) is 11.5. The Hall–Kier alpha value is -0.430. The fourth-order valence-electron chi connectivity index (χ4n) is 1.19. The summed E-state index contributed by atoms with van der Waals surface area (Å²) >= 11 is 2.20. The lowest BCUT2D eigenvalue weighted by molar-refractivity contribution is -0.00890. The molecule has 0 radical (unpaired) electrons. The van der Waals surface area contributed by atoms with Crippen LogP contribution in [0.4, 0.5) is 5.82 Å². The average Bonchev–Trinajstić information content (AvgIpc) is 2.28. The molecule has 1 atom stereocenters. The minimum absolute atomic E-state index is 0.407. The van der Waals surface area contributed by atoms with Crippen molar-refractivity contribution in [2.75, 3.05) is 19.5 Å². The number of nitrogens with one attached hydrogen (secondary N) is 1. The standard InChI is InChI=1S/C10H16IN3O/c1-5-10(2,15-4)9-13-6-7(11)8(12-3)14-9/h6H,5H2,1-4H3,(H,12,13,14). The second-order valence-corrected chi connectivity index (χ2v) is 4.59. The maximum atomic E-state index is 5.46. The van der Waals surface area contributed by atoms with Crippen molar-refractivity contribution in [2.45, 2.75) is 25.9 Å². The summed E-state index contributed by atoms with van der Waals surface area (Å²) in [7, 11) is 3.54. The van der Waals surface area contributed by atoms with Gasteiger partial charge in [-0.1, -0.05) is 6.92 Å². The Labute approximate surface area is 104 Å². The molecule has 15 heavy (non-hydrogen) atoms. The minimum atomic E-state index is -0.407. The average molecular weight is 321 g/mol. The van der Waals surface area contributed by atoms with Gasteiger partial charge < -0.3 is 10.1 Å². The summed E-state index contributed by atoms with van der Waals surface area (Å²) in [5.74, 6) is 1.56. The third-order valence-electron chi connectivity index (χ3n) is 2.58. The number of hydrogen-bond donors (Lipinski definition) is 1. The van der Waals surface area contributed by atoms with E-state index in [2.05, 4.69) is 44.8 Å². The van der Waals surface area contributed by atoms with Crippen LogP contribution in [0.5, 0.6) is 0 Å². The van der Waals surface area contributed by atoms with E-state index >= 15 is 0 Å². The van der Waals surface area contributed by atoms with Gasteiger partial charge in [-0.05, 0) is 35.9 Å². The first-order chi connectivity index (χ1) is 7.07. The van der Waals surface area contributed by atoms with E-state index in [4.69, 9.17) is 4.74 Å². The zero-order valence-corrected chi connectivity index (χ0v) is 11.6. The van der Waals surface area contributed by atoms with Crippen LogP contribution < -0.4 is 5.32 Å². The van der Waals surface area contributed by atoms with E-state index in [0.717, 1.165) is 21.6 Å². The fourth-order valence-corrected chi connectivity index (χ4v) is 1.72. The Morgan fingerprint density at radius 1 is 1.60 bits per heavy atom. The monoisotopic (exact) mass is 321 g/mol. The first-order valence-corrected chi connectivity index (χ1v) is 5.91. The summed E-state index contributed by atoms with van der Waals surface area (Å²) in [6, 6.07) is 0. The molecule has 84 valence electrons. The summed E-state index contributed by atoms with van der Waals surface area (Å²) in [5.41, 5.74) is -0.407. The Kier molecular flexibility index (Phi) is 4.27. The smallest absolute Gasteiger partial charge is 0.162 e. The molecule has 1 heterocycles. The highest BCUT2D eigenvalue weighted by Gasteiger charge is 2.27. The SMILES string of the molecule is CCC(C)(OC)c1ncc(I)c(NC)n1. The third kappa shape index (κ3) is 2.57. The van der Waals surface area contributed by atoms with Gasteiger partial charge >= 0.3 is 0 Å². The van der Waals surface area contributed by atoms with Crippen LogP contribution in [0.3, 0.4) is 0 Å². The van der Waals surface area contributed by atoms with E-state index in [1.54, 1.807) is 7.11 Å². The Bertz CT molecular complexity index is 339. The second-order valence-electron chi connectivity index (χ2n) is 3.43. The molecule has 1 rings (SSSR count). The van der Waals surface area contributed by atoms with E-state index in [1.165, 1.54) is 0 Å². The van der Waals surface area contributed by atoms with Crippen molar-refractivity contribution in [1.29, 1.82) is 0 Å². The van der Waals surface area contributed by atoms with Crippen LogP contribution in [-0.4, -0.2) is 24.1 Å². The molecule has 0 saturated carbocycles. The van der Waals surface area contributed by atoms with Crippen LogP contribution in [0.25, 0.3) is 0 Å². The van der Waals surface area contributed by atoms with Gasteiger partial charge in [-0.2, -0.15) is 0 Å². The summed E-state index contributed by atoms with van der Waals surface area (Å²) in [5, 5.41) is 3.04. The van der Waals surface area contributed by atoms with Gasteiger partial charge in [0.05, 0.1) is 3.57 Å². The lowest BCUT2D eigenvalue weighted by atomic mass is 10.0. The van der Waals surface area contributed by atoms with Crippen LogP contribution in [0.1, 0.15) is 26.1 Å². The van der Waals surface area contributed by atoms with Crippen LogP contribution >= 0.6 is 22.6 Å². The van der Waals surface area contributed by atoms with Crippen molar-refractivity contribution in [3.05, 3.63) is 15.6 Å². The van der Waals surface area contributed by atoms with Gasteiger partial charge in [0.1, 0.15) is 11.4 Å². The van der Waals surface area contributed by atoms with Gasteiger partial charge in [-0.15, -0.1) is 0 Å². The number of rotatable bonds is 4. The minimum Gasteiger partial charge on any atom is -0.372 e. The van der Waals surface area contributed by atoms with Crippen LogP contribution in [-0.2, 0) is 10.3 Å². The molecule has 0 aliphatic heterocycles. The molecular formula is C10H16IN3O. The molecular weight excluding hydrogens is 305 g/mol. The predicted molar refractivity (Wildman–Crippen MR) is 68.9 cm³/mol. The molecule has 1 N–H and O–H groups in total. The molecule has 5 heteroatoms. The van der Waals surface area contributed by atoms with Gasteiger partial charge in [0.2, 0.25) is 0 Å². The quantitative estimate of drug-likeness (QED) is 0.865. The van der Waals surface area contributed by atoms with Crippen LogP contribution in [0.15, 0.2) is 6.20 Å². The molecule has 0 amide bonds. The molecule has 0 bridgehead atoms. The molecule has 0 aromatic carbocycles. The van der Waals surface area contributed by atoms with Gasteiger partial charge in [0.15, 0.2) is 5.82 Å². The first-order valence-electron chi connectivity index (χ1n) is 4.83. The molecule has 0 spiro atoms. The lowest BCUT2D eigenvalue weighted by Crippen LogP contribution is -2.26. The maximum Gasteiger partial charge on any atom is 0.162 e. The van der Waals surface area contributed by atoms with Crippen molar-refractivity contribution < 1.29 is 4.74 Å². The Balaban J connectivity index is 3.15. The summed E-state index contributed by atoms with van der Waals surface area (Å²) in [6.45, 7) is 4.05. The molecule has 0 saturated heterocycles. The predicted octanol–water partition coefficient (Wildman–Crippen LogP) is 2.39. The van der Waals surface area contributed by atoms with E-state index < -0.39 is 5.60 Å².